The van der Waals surface area contributed by atoms with E-state index in [1.807, 2.05) is 24.3 Å². The number of aromatic nitrogens is 1. The van der Waals surface area contributed by atoms with E-state index in [1.54, 1.807) is 30.3 Å². The molecule has 0 saturated heterocycles. The van der Waals surface area contributed by atoms with Crippen LogP contribution >= 0.6 is 23.2 Å². The van der Waals surface area contributed by atoms with Crippen LogP contribution in [0.4, 0.5) is 16.2 Å². The minimum Gasteiger partial charge on any atom is -0.439 e. The second-order valence-corrected chi connectivity index (χ2v) is 7.99. The summed E-state index contributed by atoms with van der Waals surface area (Å²) in [6.45, 7) is 1.37. The summed E-state index contributed by atoms with van der Waals surface area (Å²) in [5.74, 6) is 1.17. The number of anilines is 2. The highest BCUT2D eigenvalue weighted by molar-refractivity contribution is 6.42. The summed E-state index contributed by atoms with van der Waals surface area (Å²) in [7, 11) is 0. The lowest BCUT2D eigenvalue weighted by Crippen LogP contribution is -2.19. The Hall–Kier alpha value is -3.55. The molecule has 2 N–H and O–H groups in total. The summed E-state index contributed by atoms with van der Waals surface area (Å²) < 4.78 is 11.3. The summed E-state index contributed by atoms with van der Waals surface area (Å²) >= 11 is 11.8. The van der Waals surface area contributed by atoms with Crippen molar-refractivity contribution in [2.24, 2.45) is 0 Å². The molecule has 0 saturated carbocycles. The van der Waals surface area contributed by atoms with Gasteiger partial charge in [0.1, 0.15) is 11.5 Å². The molecule has 7 nitrogen and oxygen atoms in total. The van der Waals surface area contributed by atoms with E-state index in [4.69, 9.17) is 32.7 Å². The zero-order chi connectivity index (χ0) is 23.4. The van der Waals surface area contributed by atoms with Gasteiger partial charge in [-0.3, -0.25) is 4.79 Å². The molecule has 4 rings (SSSR count). The minimum atomic E-state index is -0.453. The second kappa shape index (κ2) is 9.94. The molecule has 1 heterocycles. The molecule has 3 aromatic rings. The number of rotatable bonds is 5. The summed E-state index contributed by atoms with van der Waals surface area (Å²) in [6.07, 6.45) is 4.88. The monoisotopic (exact) mass is 483 g/mol. The lowest BCUT2D eigenvalue weighted by Gasteiger charge is -2.19. The Labute approximate surface area is 200 Å². The summed E-state index contributed by atoms with van der Waals surface area (Å²) in [5, 5.41) is 6.11. The van der Waals surface area contributed by atoms with E-state index in [-0.39, 0.29) is 5.97 Å². The van der Waals surface area contributed by atoms with Gasteiger partial charge in [0.15, 0.2) is 0 Å². The highest BCUT2D eigenvalue weighted by atomic mass is 35.5. The first kappa shape index (κ1) is 22.6. The second-order valence-electron chi connectivity index (χ2n) is 7.18. The first-order valence-electron chi connectivity index (χ1n) is 10.1. The lowest BCUT2D eigenvalue weighted by molar-refractivity contribution is -0.134. The number of nitrogens with zero attached hydrogens (tertiary/aromatic N) is 1. The molecule has 2 amide bonds. The molecule has 0 unspecified atom stereocenters. The highest BCUT2D eigenvalue weighted by Gasteiger charge is 2.19. The van der Waals surface area contributed by atoms with Gasteiger partial charge >= 0.3 is 12.0 Å². The third-order valence-electron chi connectivity index (χ3n) is 4.76. The Kier molecular flexibility index (Phi) is 6.82. The first-order valence-corrected chi connectivity index (χ1v) is 10.8. The fraction of sp³-hybridized carbons (Fsp3) is 0.125. The molecule has 0 fully saturated rings. The SMILES string of the molecule is CC(=O)OC1=CCCc2c(Oc3ccc(NC(=O)Nc4ccc(Cl)c(Cl)c4)cn3)cccc21. The maximum Gasteiger partial charge on any atom is 0.323 e. The van der Waals surface area contributed by atoms with Gasteiger partial charge in [0.2, 0.25) is 5.88 Å². The van der Waals surface area contributed by atoms with Gasteiger partial charge in [-0.1, -0.05) is 35.3 Å². The molecule has 1 aromatic heterocycles. The van der Waals surface area contributed by atoms with Gasteiger partial charge in [0, 0.05) is 29.8 Å². The summed E-state index contributed by atoms with van der Waals surface area (Å²) in [5.41, 5.74) is 2.76. The maximum atomic E-state index is 12.2. The summed E-state index contributed by atoms with van der Waals surface area (Å²) in [6, 6.07) is 13.2. The van der Waals surface area contributed by atoms with Crippen LogP contribution in [0.1, 0.15) is 24.5 Å². The fourth-order valence-corrected chi connectivity index (χ4v) is 3.65. The van der Waals surface area contributed by atoms with Crippen molar-refractivity contribution in [3.8, 4) is 11.6 Å². The van der Waals surface area contributed by atoms with E-state index in [2.05, 4.69) is 15.6 Å². The Morgan fingerprint density at radius 2 is 1.79 bits per heavy atom. The summed E-state index contributed by atoms with van der Waals surface area (Å²) in [4.78, 5) is 27.9. The van der Waals surface area contributed by atoms with Crippen molar-refractivity contribution in [1.29, 1.82) is 0 Å². The molecule has 1 aliphatic rings. The number of pyridine rings is 1. The topological polar surface area (TPSA) is 89.5 Å². The number of carbonyl (C=O) groups is 2. The third kappa shape index (κ3) is 5.63. The molecule has 33 heavy (non-hydrogen) atoms. The molecule has 1 aliphatic carbocycles. The predicted octanol–water partition coefficient (Wildman–Crippen LogP) is 6.67. The molecule has 0 aliphatic heterocycles. The number of benzene rings is 2. The predicted molar refractivity (Wildman–Crippen MR) is 128 cm³/mol. The number of allylic oxidation sites excluding steroid dienone is 1. The Morgan fingerprint density at radius 1 is 1.00 bits per heavy atom. The molecule has 0 atom stereocenters. The third-order valence-corrected chi connectivity index (χ3v) is 5.50. The number of ether oxygens (including phenoxy) is 2. The Morgan fingerprint density at radius 3 is 2.52 bits per heavy atom. The van der Waals surface area contributed by atoms with Crippen LogP contribution in [0.2, 0.25) is 10.0 Å². The van der Waals surface area contributed by atoms with Gasteiger partial charge in [0.25, 0.3) is 0 Å². The molecule has 9 heteroatoms. The number of fused-ring (bicyclic) bond motifs is 1. The van der Waals surface area contributed by atoms with Crippen molar-refractivity contribution < 1.29 is 19.1 Å². The molecule has 168 valence electrons. The quantitative estimate of drug-likeness (QED) is 0.395. The number of halogens is 2. The van der Waals surface area contributed by atoms with E-state index in [0.29, 0.717) is 38.8 Å². The number of carbonyl (C=O) groups excluding carboxylic acids is 2. The van der Waals surface area contributed by atoms with Crippen molar-refractivity contribution in [2.75, 3.05) is 10.6 Å². The number of hydrogen-bond acceptors (Lipinski definition) is 5. The van der Waals surface area contributed by atoms with Crippen LogP contribution in [0.3, 0.4) is 0 Å². The molecular weight excluding hydrogens is 465 g/mol. The van der Waals surface area contributed by atoms with Crippen LogP contribution in [0, 0.1) is 0 Å². The van der Waals surface area contributed by atoms with Gasteiger partial charge in [-0.15, -0.1) is 0 Å². The largest absolute Gasteiger partial charge is 0.439 e. The zero-order valence-electron chi connectivity index (χ0n) is 17.5. The van der Waals surface area contributed by atoms with Crippen molar-refractivity contribution in [3.63, 3.8) is 0 Å². The number of urea groups is 1. The van der Waals surface area contributed by atoms with Gasteiger partial charge in [0.05, 0.1) is 21.9 Å². The zero-order valence-corrected chi connectivity index (χ0v) is 19.0. The first-order chi connectivity index (χ1) is 15.9. The van der Waals surface area contributed by atoms with Crippen LogP contribution in [0.5, 0.6) is 11.6 Å². The maximum absolute atomic E-state index is 12.2. The number of esters is 1. The fourth-order valence-electron chi connectivity index (χ4n) is 3.35. The van der Waals surface area contributed by atoms with Crippen molar-refractivity contribution in [1.82, 2.24) is 4.98 Å². The smallest absolute Gasteiger partial charge is 0.323 e. The van der Waals surface area contributed by atoms with Crippen LogP contribution in [-0.2, 0) is 16.0 Å². The van der Waals surface area contributed by atoms with Crippen LogP contribution < -0.4 is 15.4 Å². The Balaban J connectivity index is 1.42. The van der Waals surface area contributed by atoms with Crippen LogP contribution in [0.15, 0.2) is 60.8 Å². The van der Waals surface area contributed by atoms with Crippen molar-refractivity contribution in [2.45, 2.75) is 19.8 Å². The van der Waals surface area contributed by atoms with Crippen molar-refractivity contribution in [3.05, 3.63) is 82.0 Å². The van der Waals surface area contributed by atoms with E-state index in [1.165, 1.54) is 13.1 Å². The van der Waals surface area contributed by atoms with Gasteiger partial charge < -0.3 is 20.1 Å². The van der Waals surface area contributed by atoms with E-state index in [0.717, 1.165) is 24.0 Å². The van der Waals surface area contributed by atoms with E-state index in [9.17, 15) is 9.59 Å². The van der Waals surface area contributed by atoms with E-state index < -0.39 is 6.03 Å². The van der Waals surface area contributed by atoms with Crippen LogP contribution in [0.25, 0.3) is 5.76 Å². The molecule has 0 spiro atoms. The van der Waals surface area contributed by atoms with Crippen molar-refractivity contribution >= 4 is 52.3 Å². The molecular formula is C24H19Cl2N3O4. The molecule has 2 aromatic carbocycles. The minimum absolute atomic E-state index is 0.344. The normalized spacial score (nSPS) is 12.3. The molecule has 0 bridgehead atoms. The van der Waals surface area contributed by atoms with Gasteiger partial charge in [-0.2, -0.15) is 0 Å². The lowest BCUT2D eigenvalue weighted by atomic mass is 9.95. The average molecular weight is 484 g/mol. The standard InChI is InChI=1S/C24H19Cl2N3O4/c1-14(30)32-21-6-2-5-18-17(21)4-3-7-22(18)33-23-11-9-16(13-27-23)29-24(31)28-15-8-10-19(25)20(26)12-15/h3-4,6-13H,2,5H2,1H3,(H2,28,29,31). The van der Waals surface area contributed by atoms with Crippen LogP contribution in [-0.4, -0.2) is 17.0 Å². The van der Waals surface area contributed by atoms with Gasteiger partial charge in [-0.05, 0) is 49.2 Å². The highest BCUT2D eigenvalue weighted by Crippen LogP contribution is 2.35. The Bertz CT molecular complexity index is 1240. The van der Waals surface area contributed by atoms with Gasteiger partial charge in [-0.25, -0.2) is 9.78 Å². The number of nitrogens with one attached hydrogen (secondary N) is 2. The number of amides is 2. The molecule has 0 radical (unpaired) electrons. The number of hydrogen-bond donors (Lipinski definition) is 2. The van der Waals surface area contributed by atoms with E-state index >= 15 is 0 Å². The average Bonchev–Trinajstić information content (AvgIpc) is 2.78.